The molecule has 0 aliphatic rings. The third-order valence-corrected chi connectivity index (χ3v) is 2.23. The third-order valence-electron chi connectivity index (χ3n) is 2.23. The molecule has 0 aliphatic heterocycles. The number of amides is 2. The quantitative estimate of drug-likeness (QED) is 0.788. The van der Waals surface area contributed by atoms with E-state index in [2.05, 4.69) is 10.6 Å². The van der Waals surface area contributed by atoms with E-state index in [9.17, 15) is 18.4 Å². The molecule has 0 atom stereocenters. The first kappa shape index (κ1) is 15.0. The van der Waals surface area contributed by atoms with Crippen LogP contribution in [-0.4, -0.2) is 43.9 Å². The molecule has 0 saturated carbocycles. The zero-order chi connectivity index (χ0) is 14.4. The van der Waals surface area contributed by atoms with Crippen LogP contribution in [0.4, 0.5) is 14.5 Å². The van der Waals surface area contributed by atoms with E-state index in [1.807, 2.05) is 19.0 Å². The molecule has 1 aromatic carbocycles. The van der Waals surface area contributed by atoms with Gasteiger partial charge in [0.15, 0.2) is 0 Å². The largest absolute Gasteiger partial charge is 0.347 e. The highest BCUT2D eigenvalue weighted by atomic mass is 19.1. The molecule has 0 aromatic heterocycles. The molecule has 0 aliphatic carbocycles. The summed E-state index contributed by atoms with van der Waals surface area (Å²) in [4.78, 5) is 24.6. The summed E-state index contributed by atoms with van der Waals surface area (Å²) >= 11 is 0. The predicted molar refractivity (Wildman–Crippen MR) is 66.6 cm³/mol. The van der Waals surface area contributed by atoms with E-state index in [-0.39, 0.29) is 5.69 Å². The maximum Gasteiger partial charge on any atom is 0.313 e. The number of nitrogens with zero attached hydrogens (tertiary/aromatic N) is 1. The minimum Gasteiger partial charge on any atom is -0.347 e. The van der Waals surface area contributed by atoms with E-state index < -0.39 is 23.4 Å². The Morgan fingerprint density at radius 3 is 2.47 bits per heavy atom. The van der Waals surface area contributed by atoms with Gasteiger partial charge in [0.1, 0.15) is 11.6 Å². The SMILES string of the molecule is CN(C)CCNC(=O)C(=O)Nc1ccc(F)cc1F. The summed E-state index contributed by atoms with van der Waals surface area (Å²) in [5.41, 5.74) is -0.242. The van der Waals surface area contributed by atoms with Crippen LogP contribution in [0.2, 0.25) is 0 Å². The summed E-state index contributed by atoms with van der Waals surface area (Å²) in [5.74, 6) is -3.56. The number of rotatable bonds is 4. The second-order valence-corrected chi connectivity index (χ2v) is 4.14. The Morgan fingerprint density at radius 1 is 1.21 bits per heavy atom. The number of anilines is 1. The Morgan fingerprint density at radius 2 is 1.89 bits per heavy atom. The topological polar surface area (TPSA) is 61.4 Å². The van der Waals surface area contributed by atoms with E-state index in [0.717, 1.165) is 12.1 Å². The van der Waals surface area contributed by atoms with Crippen LogP contribution in [-0.2, 0) is 9.59 Å². The van der Waals surface area contributed by atoms with Crippen LogP contribution in [0.3, 0.4) is 0 Å². The first-order valence-corrected chi connectivity index (χ1v) is 5.59. The minimum atomic E-state index is -0.996. The summed E-state index contributed by atoms with van der Waals surface area (Å²) in [6.45, 7) is 0.870. The van der Waals surface area contributed by atoms with Gasteiger partial charge in [0.05, 0.1) is 5.69 Å². The summed E-state index contributed by atoms with van der Waals surface area (Å²) in [6, 6.07) is 2.66. The van der Waals surface area contributed by atoms with Gasteiger partial charge in [0.25, 0.3) is 0 Å². The molecule has 0 saturated heterocycles. The number of likely N-dealkylation sites (N-methyl/N-ethyl adjacent to an activating group) is 1. The second-order valence-electron chi connectivity index (χ2n) is 4.14. The lowest BCUT2D eigenvalue weighted by Gasteiger charge is -2.10. The van der Waals surface area contributed by atoms with Crippen molar-refractivity contribution >= 4 is 17.5 Å². The van der Waals surface area contributed by atoms with Gasteiger partial charge in [-0.05, 0) is 26.2 Å². The lowest BCUT2D eigenvalue weighted by Crippen LogP contribution is -2.38. The van der Waals surface area contributed by atoms with Gasteiger partial charge < -0.3 is 15.5 Å². The standard InChI is InChI=1S/C12H15F2N3O2/c1-17(2)6-5-15-11(18)12(19)16-10-4-3-8(13)7-9(10)14/h3-4,7H,5-6H2,1-2H3,(H,15,18)(H,16,19). The Kier molecular flexibility index (Phi) is 5.37. The summed E-state index contributed by atoms with van der Waals surface area (Å²) in [7, 11) is 3.64. The molecule has 0 radical (unpaired) electrons. The average Bonchev–Trinajstić information content (AvgIpc) is 2.32. The maximum absolute atomic E-state index is 13.2. The van der Waals surface area contributed by atoms with Crippen molar-refractivity contribution in [1.82, 2.24) is 10.2 Å². The average molecular weight is 271 g/mol. The minimum absolute atomic E-state index is 0.242. The van der Waals surface area contributed by atoms with E-state index in [4.69, 9.17) is 0 Å². The molecule has 0 unspecified atom stereocenters. The molecule has 0 fully saturated rings. The number of carbonyl (C=O) groups is 2. The first-order valence-electron chi connectivity index (χ1n) is 5.59. The van der Waals surface area contributed by atoms with E-state index in [1.54, 1.807) is 0 Å². The Balaban J connectivity index is 2.52. The van der Waals surface area contributed by atoms with Gasteiger partial charge >= 0.3 is 11.8 Å². The highest BCUT2D eigenvalue weighted by Crippen LogP contribution is 2.14. The maximum atomic E-state index is 13.2. The molecule has 2 N–H and O–H groups in total. The fraction of sp³-hybridized carbons (Fsp3) is 0.333. The first-order chi connectivity index (χ1) is 8.90. The fourth-order valence-electron chi connectivity index (χ4n) is 1.24. The van der Waals surface area contributed by atoms with Crippen molar-refractivity contribution in [3.63, 3.8) is 0 Å². The van der Waals surface area contributed by atoms with Crippen LogP contribution in [0.25, 0.3) is 0 Å². The Bertz CT molecular complexity index is 478. The highest BCUT2D eigenvalue weighted by molar-refractivity contribution is 6.39. The number of halogens is 2. The Labute approximate surface area is 109 Å². The summed E-state index contributed by atoms with van der Waals surface area (Å²) < 4.78 is 25.9. The molecule has 104 valence electrons. The molecular weight excluding hydrogens is 256 g/mol. The summed E-state index contributed by atoms with van der Waals surface area (Å²) in [5, 5.41) is 4.44. The molecule has 1 aromatic rings. The van der Waals surface area contributed by atoms with E-state index in [1.165, 1.54) is 0 Å². The number of benzene rings is 1. The van der Waals surface area contributed by atoms with Crippen molar-refractivity contribution < 1.29 is 18.4 Å². The number of carbonyl (C=O) groups excluding carboxylic acids is 2. The van der Waals surface area contributed by atoms with Gasteiger partial charge in [0, 0.05) is 19.2 Å². The van der Waals surface area contributed by atoms with Gasteiger partial charge in [-0.2, -0.15) is 0 Å². The molecular formula is C12H15F2N3O2. The van der Waals surface area contributed by atoms with Crippen LogP contribution in [0.1, 0.15) is 0 Å². The smallest absolute Gasteiger partial charge is 0.313 e. The van der Waals surface area contributed by atoms with Gasteiger partial charge in [-0.25, -0.2) is 8.78 Å². The van der Waals surface area contributed by atoms with Crippen LogP contribution in [0.5, 0.6) is 0 Å². The fourth-order valence-corrected chi connectivity index (χ4v) is 1.24. The zero-order valence-electron chi connectivity index (χ0n) is 10.7. The van der Waals surface area contributed by atoms with Crippen molar-refractivity contribution in [2.24, 2.45) is 0 Å². The van der Waals surface area contributed by atoms with E-state index in [0.29, 0.717) is 19.2 Å². The van der Waals surface area contributed by atoms with Crippen LogP contribution >= 0.6 is 0 Å². The molecule has 5 nitrogen and oxygen atoms in total. The van der Waals surface area contributed by atoms with Crippen molar-refractivity contribution in [1.29, 1.82) is 0 Å². The third kappa shape index (κ3) is 5.01. The molecule has 7 heteroatoms. The molecule has 2 amide bonds. The molecule has 0 heterocycles. The monoisotopic (exact) mass is 271 g/mol. The van der Waals surface area contributed by atoms with Crippen molar-refractivity contribution in [2.45, 2.75) is 0 Å². The number of nitrogens with one attached hydrogen (secondary N) is 2. The predicted octanol–water partition coefficient (Wildman–Crippen LogP) is 0.581. The van der Waals surface area contributed by atoms with Crippen LogP contribution in [0.15, 0.2) is 18.2 Å². The van der Waals surface area contributed by atoms with Crippen molar-refractivity contribution in [3.8, 4) is 0 Å². The lowest BCUT2D eigenvalue weighted by atomic mass is 10.3. The van der Waals surface area contributed by atoms with Gasteiger partial charge in [-0.1, -0.05) is 0 Å². The lowest BCUT2D eigenvalue weighted by molar-refractivity contribution is -0.136. The van der Waals surface area contributed by atoms with E-state index >= 15 is 0 Å². The van der Waals surface area contributed by atoms with Crippen LogP contribution < -0.4 is 10.6 Å². The number of hydrogen-bond donors (Lipinski definition) is 2. The van der Waals surface area contributed by atoms with Gasteiger partial charge in [0.2, 0.25) is 0 Å². The molecule has 0 bridgehead atoms. The molecule has 19 heavy (non-hydrogen) atoms. The van der Waals surface area contributed by atoms with Crippen molar-refractivity contribution in [3.05, 3.63) is 29.8 Å². The molecule has 0 spiro atoms. The molecule has 1 rings (SSSR count). The normalized spacial score (nSPS) is 10.4. The van der Waals surface area contributed by atoms with Crippen molar-refractivity contribution in [2.75, 3.05) is 32.5 Å². The van der Waals surface area contributed by atoms with Gasteiger partial charge in [-0.3, -0.25) is 9.59 Å². The number of hydrogen-bond acceptors (Lipinski definition) is 3. The summed E-state index contributed by atoms with van der Waals surface area (Å²) in [6.07, 6.45) is 0. The van der Waals surface area contributed by atoms with Gasteiger partial charge in [-0.15, -0.1) is 0 Å². The highest BCUT2D eigenvalue weighted by Gasteiger charge is 2.15. The van der Waals surface area contributed by atoms with Crippen LogP contribution in [0, 0.1) is 11.6 Å². The second kappa shape index (κ2) is 6.79. The zero-order valence-corrected chi connectivity index (χ0v) is 10.7. The Hall–Kier alpha value is -2.02.